The summed E-state index contributed by atoms with van der Waals surface area (Å²) in [4.78, 5) is 22.3. The van der Waals surface area contributed by atoms with Crippen LogP contribution in [0.15, 0.2) is 54.6 Å². The number of carbonyl (C=O) groups excluding carboxylic acids is 1. The van der Waals surface area contributed by atoms with Gasteiger partial charge in [0.05, 0.1) is 5.56 Å². The molecule has 106 valence electrons. The normalized spacial score (nSPS) is 10.5. The molecule has 0 radical (unpaired) electrons. The number of esters is 1. The molecule has 0 atom stereocenters. The van der Waals surface area contributed by atoms with Gasteiger partial charge in [0.1, 0.15) is 11.5 Å². The fourth-order valence-electron chi connectivity index (χ4n) is 1.57. The SMILES string of the molecule is O=C(/C=C/c1ccc(O)cc1)Oc1ccc(C(=O)O)cc1. The first-order valence-electron chi connectivity index (χ1n) is 6.07. The van der Waals surface area contributed by atoms with E-state index in [2.05, 4.69) is 0 Å². The quantitative estimate of drug-likeness (QED) is 0.512. The zero-order valence-electron chi connectivity index (χ0n) is 10.9. The third-order valence-electron chi connectivity index (χ3n) is 2.62. The number of carboxylic acids is 1. The van der Waals surface area contributed by atoms with Crippen LogP contribution in [0.1, 0.15) is 15.9 Å². The number of carboxylic acid groups (broad SMARTS) is 1. The lowest BCUT2D eigenvalue weighted by Crippen LogP contribution is -2.04. The summed E-state index contributed by atoms with van der Waals surface area (Å²) in [6, 6.07) is 11.9. The van der Waals surface area contributed by atoms with Crippen molar-refractivity contribution in [1.82, 2.24) is 0 Å². The molecule has 21 heavy (non-hydrogen) atoms. The van der Waals surface area contributed by atoms with Crippen LogP contribution in [0.4, 0.5) is 0 Å². The summed E-state index contributed by atoms with van der Waals surface area (Å²) in [7, 11) is 0. The number of aromatic hydroxyl groups is 1. The predicted octanol–water partition coefficient (Wildman–Crippen LogP) is 2.71. The van der Waals surface area contributed by atoms with Gasteiger partial charge in [-0.2, -0.15) is 0 Å². The van der Waals surface area contributed by atoms with Crippen molar-refractivity contribution < 1.29 is 24.5 Å². The molecule has 0 aliphatic carbocycles. The average molecular weight is 284 g/mol. The number of benzene rings is 2. The van der Waals surface area contributed by atoms with Crippen LogP contribution in [-0.2, 0) is 4.79 Å². The Bertz CT molecular complexity index is 669. The van der Waals surface area contributed by atoms with Gasteiger partial charge in [-0.1, -0.05) is 12.1 Å². The molecule has 0 aromatic heterocycles. The Morgan fingerprint density at radius 3 is 2.14 bits per heavy atom. The summed E-state index contributed by atoms with van der Waals surface area (Å²) < 4.78 is 5.03. The minimum atomic E-state index is -1.04. The number of ether oxygens (including phenoxy) is 1. The Morgan fingerprint density at radius 1 is 0.952 bits per heavy atom. The van der Waals surface area contributed by atoms with Gasteiger partial charge in [-0.05, 0) is 48.0 Å². The van der Waals surface area contributed by atoms with E-state index in [9.17, 15) is 9.59 Å². The zero-order valence-corrected chi connectivity index (χ0v) is 10.9. The number of aromatic carboxylic acids is 1. The third kappa shape index (κ3) is 4.21. The molecule has 0 saturated heterocycles. The van der Waals surface area contributed by atoms with Crippen LogP contribution in [0, 0.1) is 0 Å². The second-order valence-corrected chi connectivity index (χ2v) is 4.18. The topological polar surface area (TPSA) is 83.8 Å². The lowest BCUT2D eigenvalue weighted by Gasteiger charge is -2.01. The van der Waals surface area contributed by atoms with Gasteiger partial charge in [0.2, 0.25) is 0 Å². The lowest BCUT2D eigenvalue weighted by molar-refractivity contribution is -0.128. The second-order valence-electron chi connectivity index (χ2n) is 4.18. The fraction of sp³-hybridized carbons (Fsp3) is 0. The van der Waals surface area contributed by atoms with Crippen molar-refractivity contribution in [2.75, 3.05) is 0 Å². The van der Waals surface area contributed by atoms with E-state index in [0.29, 0.717) is 0 Å². The van der Waals surface area contributed by atoms with E-state index in [0.717, 1.165) is 5.56 Å². The van der Waals surface area contributed by atoms with Gasteiger partial charge in [0, 0.05) is 6.08 Å². The highest BCUT2D eigenvalue weighted by Crippen LogP contribution is 2.14. The molecule has 0 bridgehead atoms. The Kier molecular flexibility index (Phi) is 4.36. The molecule has 0 aliphatic heterocycles. The number of phenols is 1. The van der Waals surface area contributed by atoms with Crippen LogP contribution in [-0.4, -0.2) is 22.2 Å². The first-order valence-corrected chi connectivity index (χ1v) is 6.07. The summed E-state index contributed by atoms with van der Waals surface area (Å²) in [5, 5.41) is 17.9. The minimum absolute atomic E-state index is 0.120. The van der Waals surface area contributed by atoms with Crippen molar-refractivity contribution in [1.29, 1.82) is 0 Å². The molecule has 5 heteroatoms. The van der Waals surface area contributed by atoms with Crippen molar-refractivity contribution in [3.05, 3.63) is 65.7 Å². The maximum atomic E-state index is 11.6. The summed E-state index contributed by atoms with van der Waals surface area (Å²) in [5.74, 6) is -1.21. The van der Waals surface area contributed by atoms with Crippen LogP contribution in [0.5, 0.6) is 11.5 Å². The van der Waals surface area contributed by atoms with Crippen LogP contribution < -0.4 is 4.74 Å². The van der Waals surface area contributed by atoms with E-state index in [-0.39, 0.29) is 17.1 Å². The first-order chi connectivity index (χ1) is 10.0. The van der Waals surface area contributed by atoms with E-state index in [1.807, 2.05) is 0 Å². The van der Waals surface area contributed by atoms with E-state index in [4.69, 9.17) is 14.9 Å². The molecule has 0 spiro atoms. The van der Waals surface area contributed by atoms with Crippen molar-refractivity contribution >= 4 is 18.0 Å². The molecular weight excluding hydrogens is 272 g/mol. The Morgan fingerprint density at radius 2 is 1.57 bits per heavy atom. The van der Waals surface area contributed by atoms with E-state index in [1.54, 1.807) is 18.2 Å². The molecule has 0 amide bonds. The van der Waals surface area contributed by atoms with Gasteiger partial charge >= 0.3 is 11.9 Å². The van der Waals surface area contributed by atoms with Crippen LogP contribution in [0.2, 0.25) is 0 Å². The van der Waals surface area contributed by atoms with Crippen LogP contribution in [0.25, 0.3) is 6.08 Å². The van der Waals surface area contributed by atoms with Crippen LogP contribution in [0.3, 0.4) is 0 Å². The number of hydrogen-bond donors (Lipinski definition) is 2. The zero-order chi connectivity index (χ0) is 15.2. The summed E-state index contributed by atoms with van der Waals surface area (Å²) in [6.07, 6.45) is 2.80. The minimum Gasteiger partial charge on any atom is -0.508 e. The predicted molar refractivity (Wildman–Crippen MR) is 76.2 cm³/mol. The van der Waals surface area contributed by atoms with Gasteiger partial charge in [-0.15, -0.1) is 0 Å². The standard InChI is InChI=1S/C16H12O5/c17-13-6-1-11(2-7-13)3-10-15(18)21-14-8-4-12(5-9-14)16(19)20/h1-10,17H,(H,19,20)/b10-3+. The van der Waals surface area contributed by atoms with E-state index in [1.165, 1.54) is 42.5 Å². The van der Waals surface area contributed by atoms with Crippen LogP contribution >= 0.6 is 0 Å². The van der Waals surface area contributed by atoms with Gasteiger partial charge in [-0.3, -0.25) is 0 Å². The maximum absolute atomic E-state index is 11.6. The second kappa shape index (κ2) is 6.38. The summed E-state index contributed by atoms with van der Waals surface area (Å²) >= 11 is 0. The third-order valence-corrected chi connectivity index (χ3v) is 2.62. The number of rotatable bonds is 4. The monoisotopic (exact) mass is 284 g/mol. The fourth-order valence-corrected chi connectivity index (χ4v) is 1.57. The summed E-state index contributed by atoms with van der Waals surface area (Å²) in [6.45, 7) is 0. The first kappa shape index (κ1) is 14.3. The molecule has 0 saturated carbocycles. The lowest BCUT2D eigenvalue weighted by atomic mass is 10.2. The average Bonchev–Trinajstić information content (AvgIpc) is 2.47. The molecular formula is C16H12O5. The number of carbonyl (C=O) groups is 2. The molecule has 0 aliphatic rings. The van der Waals surface area contributed by atoms with Crippen molar-refractivity contribution in [3.63, 3.8) is 0 Å². The molecule has 0 heterocycles. The number of hydrogen-bond acceptors (Lipinski definition) is 4. The van der Waals surface area contributed by atoms with Gasteiger partial charge in [-0.25, -0.2) is 9.59 Å². The molecule has 2 aromatic rings. The van der Waals surface area contributed by atoms with E-state index >= 15 is 0 Å². The van der Waals surface area contributed by atoms with E-state index < -0.39 is 11.9 Å². The summed E-state index contributed by atoms with van der Waals surface area (Å²) in [5.41, 5.74) is 0.861. The van der Waals surface area contributed by atoms with Gasteiger partial charge in [0.15, 0.2) is 0 Å². The Balaban J connectivity index is 1.98. The Hall–Kier alpha value is -3.08. The molecule has 5 nitrogen and oxygen atoms in total. The molecule has 0 fully saturated rings. The largest absolute Gasteiger partial charge is 0.508 e. The Labute approximate surface area is 120 Å². The highest BCUT2D eigenvalue weighted by molar-refractivity contribution is 5.89. The van der Waals surface area contributed by atoms with Gasteiger partial charge < -0.3 is 14.9 Å². The maximum Gasteiger partial charge on any atom is 0.336 e. The molecule has 0 unspecified atom stereocenters. The molecule has 2 N–H and O–H groups in total. The molecule has 2 aromatic carbocycles. The smallest absolute Gasteiger partial charge is 0.336 e. The van der Waals surface area contributed by atoms with Crippen molar-refractivity contribution in [2.45, 2.75) is 0 Å². The molecule has 2 rings (SSSR count). The highest BCUT2D eigenvalue weighted by atomic mass is 16.5. The highest BCUT2D eigenvalue weighted by Gasteiger charge is 2.04. The van der Waals surface area contributed by atoms with Crippen molar-refractivity contribution in [3.8, 4) is 11.5 Å². The van der Waals surface area contributed by atoms with Gasteiger partial charge in [0.25, 0.3) is 0 Å². The number of phenolic OH excluding ortho intramolecular Hbond substituents is 1. The van der Waals surface area contributed by atoms with Crippen molar-refractivity contribution in [2.24, 2.45) is 0 Å².